The molecule has 2 aromatic rings. The van der Waals surface area contributed by atoms with Gasteiger partial charge in [-0.2, -0.15) is 0 Å². The van der Waals surface area contributed by atoms with Crippen molar-refractivity contribution in [2.24, 2.45) is 0 Å². The number of carbonyl (C=O) groups is 1. The Morgan fingerprint density at radius 3 is 2.23 bits per heavy atom. The summed E-state index contributed by atoms with van der Waals surface area (Å²) in [5.74, 6) is -0.183. The van der Waals surface area contributed by atoms with Gasteiger partial charge in [-0.05, 0) is 52.3 Å². The summed E-state index contributed by atoms with van der Waals surface area (Å²) in [6, 6.07) is 14.0. The Labute approximate surface area is 137 Å². The molecule has 0 bridgehead atoms. The molecule has 0 saturated carbocycles. The third-order valence-corrected chi connectivity index (χ3v) is 4.55. The van der Waals surface area contributed by atoms with Crippen LogP contribution in [0.4, 0.5) is 10.1 Å². The molecule has 5 heteroatoms. The van der Waals surface area contributed by atoms with E-state index in [2.05, 4.69) is 20.8 Å². The number of carbonyl (C=O) groups excluding carboxylic acids is 1. The molecule has 1 fully saturated rings. The number of hydrogen-bond donors (Lipinski definition) is 0. The third kappa shape index (κ3) is 3.14. The molecule has 0 unspecified atom stereocenters. The number of rotatable bonds is 2. The molecule has 0 N–H and O–H groups in total. The average Bonchev–Trinajstić information content (AvgIpc) is 2.56. The van der Waals surface area contributed by atoms with Crippen LogP contribution in [-0.4, -0.2) is 37.0 Å². The van der Waals surface area contributed by atoms with E-state index in [-0.39, 0.29) is 11.7 Å². The van der Waals surface area contributed by atoms with E-state index in [4.69, 9.17) is 0 Å². The van der Waals surface area contributed by atoms with Gasteiger partial charge in [0.1, 0.15) is 5.82 Å². The van der Waals surface area contributed by atoms with Crippen LogP contribution in [0.15, 0.2) is 53.0 Å². The van der Waals surface area contributed by atoms with Gasteiger partial charge in [0.25, 0.3) is 5.91 Å². The zero-order valence-corrected chi connectivity index (χ0v) is 13.6. The van der Waals surface area contributed by atoms with Crippen molar-refractivity contribution in [3.05, 3.63) is 64.4 Å². The van der Waals surface area contributed by atoms with E-state index in [0.717, 1.165) is 23.2 Å². The lowest BCUT2D eigenvalue weighted by atomic mass is 10.1. The summed E-state index contributed by atoms with van der Waals surface area (Å²) in [7, 11) is 0. The first-order valence-corrected chi connectivity index (χ1v) is 7.99. The van der Waals surface area contributed by atoms with Crippen molar-refractivity contribution in [3.8, 4) is 0 Å². The maximum atomic E-state index is 13.0. The molecule has 2 aromatic carbocycles. The van der Waals surface area contributed by atoms with Crippen molar-refractivity contribution in [1.82, 2.24) is 4.90 Å². The fraction of sp³-hybridized carbons (Fsp3) is 0.235. The maximum absolute atomic E-state index is 13.0. The van der Waals surface area contributed by atoms with Crippen molar-refractivity contribution < 1.29 is 9.18 Å². The molecule has 0 atom stereocenters. The fourth-order valence-electron chi connectivity index (χ4n) is 2.62. The SMILES string of the molecule is O=C(c1ccccc1Br)N1CCN(c2ccc(F)cc2)CC1. The van der Waals surface area contributed by atoms with E-state index in [0.29, 0.717) is 18.7 Å². The lowest BCUT2D eigenvalue weighted by molar-refractivity contribution is 0.0746. The number of benzene rings is 2. The zero-order chi connectivity index (χ0) is 15.5. The molecule has 3 rings (SSSR count). The lowest BCUT2D eigenvalue weighted by Gasteiger charge is -2.36. The van der Waals surface area contributed by atoms with Crippen LogP contribution in [0.2, 0.25) is 0 Å². The van der Waals surface area contributed by atoms with Crippen LogP contribution in [0.1, 0.15) is 10.4 Å². The second-order valence-corrected chi connectivity index (χ2v) is 6.09. The molecule has 1 aliphatic heterocycles. The van der Waals surface area contributed by atoms with Crippen molar-refractivity contribution >= 4 is 27.5 Å². The summed E-state index contributed by atoms with van der Waals surface area (Å²) >= 11 is 3.43. The van der Waals surface area contributed by atoms with Gasteiger partial charge in [-0.15, -0.1) is 0 Å². The molecular formula is C17H16BrFN2O. The Morgan fingerprint density at radius 2 is 1.59 bits per heavy atom. The van der Waals surface area contributed by atoms with Gasteiger partial charge in [0.05, 0.1) is 5.56 Å². The predicted molar refractivity (Wildman–Crippen MR) is 88.7 cm³/mol. The van der Waals surface area contributed by atoms with E-state index in [1.54, 1.807) is 12.1 Å². The average molecular weight is 363 g/mol. The standard InChI is InChI=1S/C17H16BrFN2O/c18-16-4-2-1-3-15(16)17(22)21-11-9-20(10-12-21)14-7-5-13(19)6-8-14/h1-8H,9-12H2. The maximum Gasteiger partial charge on any atom is 0.255 e. The van der Waals surface area contributed by atoms with Gasteiger partial charge in [-0.25, -0.2) is 4.39 Å². The Morgan fingerprint density at radius 1 is 0.955 bits per heavy atom. The van der Waals surface area contributed by atoms with Crippen LogP contribution >= 0.6 is 15.9 Å². The minimum atomic E-state index is -0.230. The largest absolute Gasteiger partial charge is 0.368 e. The quantitative estimate of drug-likeness (QED) is 0.815. The van der Waals surface area contributed by atoms with Crippen LogP contribution in [0.25, 0.3) is 0 Å². The van der Waals surface area contributed by atoms with E-state index in [9.17, 15) is 9.18 Å². The number of halogens is 2. The lowest BCUT2D eigenvalue weighted by Crippen LogP contribution is -2.48. The molecule has 1 amide bonds. The first-order chi connectivity index (χ1) is 10.6. The summed E-state index contributed by atoms with van der Waals surface area (Å²) < 4.78 is 13.8. The molecular weight excluding hydrogens is 347 g/mol. The molecule has 3 nitrogen and oxygen atoms in total. The highest BCUT2D eigenvalue weighted by Gasteiger charge is 2.23. The minimum absolute atomic E-state index is 0.0474. The second kappa shape index (κ2) is 6.48. The summed E-state index contributed by atoms with van der Waals surface area (Å²) in [6.07, 6.45) is 0. The Hall–Kier alpha value is -1.88. The monoisotopic (exact) mass is 362 g/mol. The number of nitrogens with zero attached hydrogens (tertiary/aromatic N) is 2. The van der Waals surface area contributed by atoms with Crippen LogP contribution in [0.3, 0.4) is 0 Å². The van der Waals surface area contributed by atoms with Crippen molar-refractivity contribution in [2.45, 2.75) is 0 Å². The molecule has 0 aliphatic carbocycles. The molecule has 1 saturated heterocycles. The molecule has 1 heterocycles. The summed E-state index contributed by atoms with van der Waals surface area (Å²) in [5, 5.41) is 0. The molecule has 114 valence electrons. The summed E-state index contributed by atoms with van der Waals surface area (Å²) in [4.78, 5) is 16.6. The highest BCUT2D eigenvalue weighted by atomic mass is 79.9. The van der Waals surface area contributed by atoms with Gasteiger partial charge >= 0.3 is 0 Å². The molecule has 0 spiro atoms. The van der Waals surface area contributed by atoms with E-state index in [1.165, 1.54) is 12.1 Å². The Kier molecular flexibility index (Phi) is 4.43. The van der Waals surface area contributed by atoms with Gasteiger partial charge in [-0.1, -0.05) is 12.1 Å². The second-order valence-electron chi connectivity index (χ2n) is 5.24. The zero-order valence-electron chi connectivity index (χ0n) is 12.0. The summed E-state index contributed by atoms with van der Waals surface area (Å²) in [6.45, 7) is 2.83. The topological polar surface area (TPSA) is 23.6 Å². The van der Waals surface area contributed by atoms with E-state index in [1.807, 2.05) is 29.2 Å². The van der Waals surface area contributed by atoms with Crippen LogP contribution in [0, 0.1) is 5.82 Å². The van der Waals surface area contributed by atoms with Crippen molar-refractivity contribution in [1.29, 1.82) is 0 Å². The van der Waals surface area contributed by atoms with E-state index >= 15 is 0 Å². The van der Waals surface area contributed by atoms with Gasteiger partial charge < -0.3 is 9.80 Å². The number of hydrogen-bond acceptors (Lipinski definition) is 2. The molecule has 0 aromatic heterocycles. The van der Waals surface area contributed by atoms with Crippen LogP contribution < -0.4 is 4.90 Å². The number of anilines is 1. The van der Waals surface area contributed by atoms with E-state index < -0.39 is 0 Å². The smallest absolute Gasteiger partial charge is 0.255 e. The van der Waals surface area contributed by atoms with Gasteiger partial charge in [-0.3, -0.25) is 4.79 Å². The number of amides is 1. The first kappa shape index (κ1) is 15.0. The molecule has 22 heavy (non-hydrogen) atoms. The fourth-order valence-corrected chi connectivity index (χ4v) is 3.08. The van der Waals surface area contributed by atoms with Crippen LogP contribution in [-0.2, 0) is 0 Å². The summed E-state index contributed by atoms with van der Waals surface area (Å²) in [5.41, 5.74) is 1.69. The third-order valence-electron chi connectivity index (χ3n) is 3.86. The minimum Gasteiger partial charge on any atom is -0.368 e. The molecule has 1 aliphatic rings. The van der Waals surface area contributed by atoms with Crippen molar-refractivity contribution in [2.75, 3.05) is 31.1 Å². The Balaban J connectivity index is 1.65. The van der Waals surface area contributed by atoms with Crippen molar-refractivity contribution in [3.63, 3.8) is 0 Å². The normalized spacial score (nSPS) is 15.0. The van der Waals surface area contributed by atoms with Gasteiger partial charge in [0, 0.05) is 36.3 Å². The first-order valence-electron chi connectivity index (χ1n) is 7.19. The Bertz CT molecular complexity index is 667. The van der Waals surface area contributed by atoms with Gasteiger partial charge in [0.15, 0.2) is 0 Å². The molecule has 0 radical (unpaired) electrons. The highest BCUT2D eigenvalue weighted by Crippen LogP contribution is 2.21. The predicted octanol–water partition coefficient (Wildman–Crippen LogP) is 3.55. The number of piperazine rings is 1. The highest BCUT2D eigenvalue weighted by molar-refractivity contribution is 9.10. The van der Waals surface area contributed by atoms with Gasteiger partial charge in [0.2, 0.25) is 0 Å². The van der Waals surface area contributed by atoms with Crippen LogP contribution in [0.5, 0.6) is 0 Å².